The van der Waals surface area contributed by atoms with E-state index in [4.69, 9.17) is 10.8 Å². The number of primary amides is 1. The van der Waals surface area contributed by atoms with E-state index in [1.54, 1.807) is 12.1 Å². The lowest BCUT2D eigenvalue weighted by Gasteiger charge is -2.11. The predicted octanol–water partition coefficient (Wildman–Crippen LogP) is 2.31. The fourth-order valence-electron chi connectivity index (χ4n) is 2.64. The van der Waals surface area contributed by atoms with Crippen molar-refractivity contribution in [2.24, 2.45) is 5.73 Å². The van der Waals surface area contributed by atoms with Crippen LogP contribution in [0.5, 0.6) is 5.75 Å². The first kappa shape index (κ1) is 18.4. The second kappa shape index (κ2) is 8.25. The van der Waals surface area contributed by atoms with Crippen molar-refractivity contribution >= 4 is 11.6 Å². The number of aryl methyl sites for hydroxylation is 1. The first-order valence-corrected chi connectivity index (χ1v) is 7.91. The molecule has 0 aliphatic rings. The number of nitro benzene ring substituents is 1. The van der Waals surface area contributed by atoms with Gasteiger partial charge in [0.2, 0.25) is 5.91 Å². The number of phenolic OH excluding ortho intramolecular Hbond substituents is 1. The fraction of sp³-hybridized carbons (Fsp3) is 0.278. The molecule has 0 aliphatic heterocycles. The van der Waals surface area contributed by atoms with E-state index < -0.39 is 10.8 Å². The normalized spacial score (nSPS) is 10.6. The molecule has 0 aliphatic carbocycles. The number of non-ortho nitro benzene ring substituents is 1. The molecule has 0 saturated heterocycles. The van der Waals surface area contributed by atoms with E-state index in [0.29, 0.717) is 29.5 Å². The number of carbonyl (C=O) groups is 1. The van der Waals surface area contributed by atoms with Crippen LogP contribution in [-0.4, -0.2) is 27.7 Å². The van der Waals surface area contributed by atoms with Crippen LogP contribution >= 0.6 is 0 Å². The molecule has 0 heterocycles. The third-order valence-electron chi connectivity index (χ3n) is 3.97. The molecule has 2 aromatic rings. The zero-order valence-corrected chi connectivity index (χ0v) is 13.6. The van der Waals surface area contributed by atoms with Gasteiger partial charge in [-0.2, -0.15) is 0 Å². The molecule has 132 valence electrons. The van der Waals surface area contributed by atoms with Gasteiger partial charge in [-0.1, -0.05) is 12.1 Å². The summed E-state index contributed by atoms with van der Waals surface area (Å²) in [5, 5.41) is 29.7. The standard InChI is InChI=1S/C18H20N2O5/c19-18(23)16-9-12(3-1-2-8-21)4-5-13(16)10-14-11-15(20(24)25)6-7-17(14)22/h4-7,9,11,21-22H,1-3,8,10H2,(H2,19,23). The Balaban J connectivity index is 2.31. The number of nitrogens with two attached hydrogens (primary N) is 1. The van der Waals surface area contributed by atoms with Crippen LogP contribution in [0.25, 0.3) is 0 Å². The lowest BCUT2D eigenvalue weighted by Crippen LogP contribution is -2.14. The number of benzene rings is 2. The number of phenols is 1. The van der Waals surface area contributed by atoms with Crippen molar-refractivity contribution in [3.05, 3.63) is 68.8 Å². The van der Waals surface area contributed by atoms with Crippen molar-refractivity contribution in [3.8, 4) is 5.75 Å². The SMILES string of the molecule is NC(=O)c1cc(CCCCO)ccc1Cc1cc([N+](=O)[O-])ccc1O. The molecule has 0 radical (unpaired) electrons. The second-order valence-corrected chi connectivity index (χ2v) is 5.78. The van der Waals surface area contributed by atoms with Crippen molar-refractivity contribution in [3.63, 3.8) is 0 Å². The maximum atomic E-state index is 11.8. The average molecular weight is 344 g/mol. The average Bonchev–Trinajstić information content (AvgIpc) is 2.57. The van der Waals surface area contributed by atoms with Crippen LogP contribution in [0.4, 0.5) is 5.69 Å². The monoisotopic (exact) mass is 344 g/mol. The number of unbranched alkanes of at least 4 members (excludes halogenated alkanes) is 1. The first-order valence-electron chi connectivity index (χ1n) is 7.91. The molecule has 0 atom stereocenters. The highest BCUT2D eigenvalue weighted by Gasteiger charge is 2.15. The summed E-state index contributed by atoms with van der Waals surface area (Å²) in [6.45, 7) is 0.118. The third-order valence-corrected chi connectivity index (χ3v) is 3.97. The summed E-state index contributed by atoms with van der Waals surface area (Å²) < 4.78 is 0. The van der Waals surface area contributed by atoms with Gasteiger partial charge in [-0.15, -0.1) is 0 Å². The highest BCUT2D eigenvalue weighted by atomic mass is 16.6. The summed E-state index contributed by atoms with van der Waals surface area (Å²) in [5.41, 5.74) is 7.52. The molecule has 0 bridgehead atoms. The quantitative estimate of drug-likeness (QED) is 0.385. The van der Waals surface area contributed by atoms with Crippen LogP contribution in [0.2, 0.25) is 0 Å². The van der Waals surface area contributed by atoms with E-state index in [-0.39, 0.29) is 24.5 Å². The topological polar surface area (TPSA) is 127 Å². The van der Waals surface area contributed by atoms with E-state index in [2.05, 4.69) is 0 Å². The Bertz CT molecular complexity index is 789. The molecular weight excluding hydrogens is 324 g/mol. The van der Waals surface area contributed by atoms with E-state index >= 15 is 0 Å². The van der Waals surface area contributed by atoms with Crippen molar-refractivity contribution in [2.75, 3.05) is 6.61 Å². The zero-order valence-electron chi connectivity index (χ0n) is 13.6. The van der Waals surface area contributed by atoms with Crippen molar-refractivity contribution in [1.82, 2.24) is 0 Å². The molecular formula is C18H20N2O5. The molecule has 4 N–H and O–H groups in total. The van der Waals surface area contributed by atoms with Crippen molar-refractivity contribution in [1.29, 1.82) is 0 Å². The largest absolute Gasteiger partial charge is 0.508 e. The van der Waals surface area contributed by atoms with Gasteiger partial charge < -0.3 is 15.9 Å². The summed E-state index contributed by atoms with van der Waals surface area (Å²) in [7, 11) is 0. The van der Waals surface area contributed by atoms with Crippen LogP contribution in [-0.2, 0) is 12.8 Å². The maximum absolute atomic E-state index is 11.8. The number of aromatic hydroxyl groups is 1. The molecule has 0 unspecified atom stereocenters. The number of nitrogens with zero attached hydrogens (tertiary/aromatic N) is 1. The van der Waals surface area contributed by atoms with E-state index in [9.17, 15) is 20.0 Å². The second-order valence-electron chi connectivity index (χ2n) is 5.78. The minimum absolute atomic E-state index is 0.0759. The molecule has 2 rings (SSSR count). The first-order chi connectivity index (χ1) is 11.9. The number of amides is 1. The predicted molar refractivity (Wildman–Crippen MR) is 92.6 cm³/mol. The van der Waals surface area contributed by atoms with Gasteiger partial charge in [0.15, 0.2) is 0 Å². The lowest BCUT2D eigenvalue weighted by atomic mass is 9.95. The minimum atomic E-state index is -0.594. The van der Waals surface area contributed by atoms with E-state index in [1.807, 2.05) is 6.07 Å². The van der Waals surface area contributed by atoms with Crippen LogP contribution < -0.4 is 5.73 Å². The summed E-state index contributed by atoms with van der Waals surface area (Å²) in [4.78, 5) is 22.1. The van der Waals surface area contributed by atoms with Crippen LogP contribution in [0.1, 0.15) is 39.9 Å². The number of nitro groups is 1. The molecule has 7 heteroatoms. The highest BCUT2D eigenvalue weighted by molar-refractivity contribution is 5.94. The Kier molecular flexibility index (Phi) is 6.08. The maximum Gasteiger partial charge on any atom is 0.269 e. The molecule has 25 heavy (non-hydrogen) atoms. The van der Waals surface area contributed by atoms with Gasteiger partial charge in [0.05, 0.1) is 4.92 Å². The van der Waals surface area contributed by atoms with Gasteiger partial charge in [-0.25, -0.2) is 0 Å². The number of rotatable bonds is 8. The Morgan fingerprint density at radius 3 is 2.52 bits per heavy atom. The van der Waals surface area contributed by atoms with Gasteiger partial charge >= 0.3 is 0 Å². The van der Waals surface area contributed by atoms with Crippen LogP contribution in [0, 0.1) is 10.1 Å². The highest BCUT2D eigenvalue weighted by Crippen LogP contribution is 2.27. The summed E-state index contributed by atoms with van der Waals surface area (Å²) in [5.74, 6) is -0.669. The molecule has 2 aromatic carbocycles. The lowest BCUT2D eigenvalue weighted by molar-refractivity contribution is -0.384. The van der Waals surface area contributed by atoms with E-state index in [1.165, 1.54) is 18.2 Å². The zero-order chi connectivity index (χ0) is 18.4. The summed E-state index contributed by atoms with van der Waals surface area (Å²) >= 11 is 0. The molecule has 0 aromatic heterocycles. The number of hydrogen-bond acceptors (Lipinski definition) is 5. The van der Waals surface area contributed by atoms with Gasteiger partial charge in [0.1, 0.15) is 5.75 Å². The summed E-state index contributed by atoms with van der Waals surface area (Å²) in [6, 6.07) is 9.07. The Hall–Kier alpha value is -2.93. The Morgan fingerprint density at radius 1 is 1.12 bits per heavy atom. The van der Waals surface area contributed by atoms with Gasteiger partial charge in [0, 0.05) is 36.3 Å². The Labute approximate surface area is 144 Å². The van der Waals surface area contributed by atoms with Crippen molar-refractivity contribution in [2.45, 2.75) is 25.7 Å². The molecule has 0 fully saturated rings. The van der Waals surface area contributed by atoms with Gasteiger partial charge in [0.25, 0.3) is 5.69 Å². The smallest absolute Gasteiger partial charge is 0.269 e. The number of hydrogen-bond donors (Lipinski definition) is 3. The Morgan fingerprint density at radius 2 is 1.88 bits per heavy atom. The van der Waals surface area contributed by atoms with Gasteiger partial charge in [-0.05, 0) is 42.5 Å². The number of aliphatic hydroxyl groups is 1. The molecule has 1 amide bonds. The molecule has 7 nitrogen and oxygen atoms in total. The third kappa shape index (κ3) is 4.77. The molecule has 0 spiro atoms. The van der Waals surface area contributed by atoms with Crippen molar-refractivity contribution < 1.29 is 19.9 Å². The van der Waals surface area contributed by atoms with Gasteiger partial charge in [-0.3, -0.25) is 14.9 Å². The fourth-order valence-corrected chi connectivity index (χ4v) is 2.64. The van der Waals surface area contributed by atoms with E-state index in [0.717, 1.165) is 12.0 Å². The van der Waals surface area contributed by atoms with Crippen LogP contribution in [0.3, 0.4) is 0 Å². The number of aliphatic hydroxyl groups excluding tert-OH is 1. The summed E-state index contributed by atoms with van der Waals surface area (Å²) in [6.07, 6.45) is 2.33. The van der Waals surface area contributed by atoms with Crippen LogP contribution in [0.15, 0.2) is 36.4 Å². The number of carbonyl (C=O) groups excluding carboxylic acids is 1. The minimum Gasteiger partial charge on any atom is -0.508 e. The molecule has 0 saturated carbocycles.